The third-order valence-corrected chi connectivity index (χ3v) is 6.89. The standard InChI is InChI=1S/C19H35NO/c1-14(2)15-5-7-16(8-6-15)18(20)17-9-12-21-19(13-17)10-3-4-11-19/h14-18H,3-13,20H2,1-2H3. The van der Waals surface area contributed by atoms with E-state index in [1.165, 1.54) is 64.2 Å². The molecular formula is C19H35NO. The van der Waals surface area contributed by atoms with E-state index >= 15 is 0 Å². The Morgan fingerprint density at radius 1 is 0.905 bits per heavy atom. The molecule has 2 atom stereocenters. The smallest absolute Gasteiger partial charge is 0.0685 e. The lowest BCUT2D eigenvalue weighted by atomic mass is 9.69. The van der Waals surface area contributed by atoms with Gasteiger partial charge in [-0.25, -0.2) is 0 Å². The van der Waals surface area contributed by atoms with Gasteiger partial charge in [0.05, 0.1) is 5.60 Å². The molecule has 2 aliphatic carbocycles. The van der Waals surface area contributed by atoms with Crippen LogP contribution in [-0.4, -0.2) is 18.2 Å². The zero-order valence-corrected chi connectivity index (χ0v) is 14.2. The maximum absolute atomic E-state index is 6.74. The molecule has 1 aliphatic heterocycles. The van der Waals surface area contributed by atoms with Crippen LogP contribution in [0.4, 0.5) is 0 Å². The summed E-state index contributed by atoms with van der Waals surface area (Å²) in [6.07, 6.45) is 13.3. The van der Waals surface area contributed by atoms with Gasteiger partial charge >= 0.3 is 0 Å². The van der Waals surface area contributed by atoms with Gasteiger partial charge in [0.1, 0.15) is 0 Å². The molecule has 0 amide bonds. The minimum atomic E-state index is 0.232. The number of hydrogen-bond acceptors (Lipinski definition) is 2. The molecule has 2 heteroatoms. The molecule has 0 aromatic heterocycles. The van der Waals surface area contributed by atoms with Crippen molar-refractivity contribution in [3.8, 4) is 0 Å². The highest BCUT2D eigenvalue weighted by molar-refractivity contribution is 4.95. The molecule has 21 heavy (non-hydrogen) atoms. The van der Waals surface area contributed by atoms with Crippen LogP contribution in [0.25, 0.3) is 0 Å². The number of ether oxygens (including phenoxy) is 1. The van der Waals surface area contributed by atoms with Crippen molar-refractivity contribution in [2.24, 2.45) is 29.4 Å². The van der Waals surface area contributed by atoms with E-state index in [4.69, 9.17) is 10.5 Å². The summed E-state index contributed by atoms with van der Waals surface area (Å²) in [4.78, 5) is 0. The number of rotatable bonds is 3. The van der Waals surface area contributed by atoms with Crippen LogP contribution >= 0.6 is 0 Å². The lowest BCUT2D eigenvalue weighted by molar-refractivity contribution is -0.0996. The van der Waals surface area contributed by atoms with Crippen molar-refractivity contribution in [3.05, 3.63) is 0 Å². The summed E-state index contributed by atoms with van der Waals surface area (Å²) in [5.74, 6) is 3.30. The van der Waals surface area contributed by atoms with Gasteiger partial charge in [0, 0.05) is 12.6 Å². The molecular weight excluding hydrogens is 258 g/mol. The molecule has 122 valence electrons. The Hall–Kier alpha value is -0.0800. The molecule has 3 aliphatic rings. The van der Waals surface area contributed by atoms with Crippen LogP contribution in [0.15, 0.2) is 0 Å². The van der Waals surface area contributed by atoms with Crippen LogP contribution in [0.2, 0.25) is 0 Å². The van der Waals surface area contributed by atoms with Crippen LogP contribution < -0.4 is 5.73 Å². The van der Waals surface area contributed by atoms with Gasteiger partial charge < -0.3 is 10.5 Å². The molecule has 2 saturated carbocycles. The van der Waals surface area contributed by atoms with Crippen LogP contribution in [-0.2, 0) is 4.74 Å². The van der Waals surface area contributed by atoms with Crippen LogP contribution in [0.5, 0.6) is 0 Å². The Balaban J connectivity index is 1.54. The lowest BCUT2D eigenvalue weighted by Gasteiger charge is -2.43. The maximum Gasteiger partial charge on any atom is 0.0685 e. The van der Waals surface area contributed by atoms with Gasteiger partial charge in [-0.3, -0.25) is 0 Å². The first-order chi connectivity index (χ1) is 10.1. The second-order valence-corrected chi connectivity index (χ2v) is 8.49. The Bertz CT molecular complexity index is 326. The largest absolute Gasteiger partial charge is 0.375 e. The monoisotopic (exact) mass is 293 g/mol. The van der Waals surface area contributed by atoms with Crippen molar-refractivity contribution in [1.82, 2.24) is 0 Å². The molecule has 3 fully saturated rings. The SMILES string of the molecule is CC(C)C1CCC(C(N)C2CCOC3(CCCC3)C2)CC1. The summed E-state index contributed by atoms with van der Waals surface area (Å²) in [7, 11) is 0. The molecule has 2 N–H and O–H groups in total. The topological polar surface area (TPSA) is 35.2 Å². The van der Waals surface area contributed by atoms with E-state index in [2.05, 4.69) is 13.8 Å². The highest BCUT2D eigenvalue weighted by Crippen LogP contribution is 2.45. The molecule has 0 aromatic rings. The van der Waals surface area contributed by atoms with E-state index in [0.717, 1.165) is 30.3 Å². The molecule has 2 unspecified atom stereocenters. The Morgan fingerprint density at radius 2 is 1.52 bits per heavy atom. The van der Waals surface area contributed by atoms with Gasteiger partial charge in [-0.05, 0) is 75.0 Å². The summed E-state index contributed by atoms with van der Waals surface area (Å²) in [5.41, 5.74) is 6.97. The third-order valence-electron chi connectivity index (χ3n) is 6.89. The number of nitrogens with two attached hydrogens (primary N) is 1. The molecule has 1 saturated heterocycles. The minimum absolute atomic E-state index is 0.232. The lowest BCUT2D eigenvalue weighted by Crippen LogP contribution is -2.47. The molecule has 1 heterocycles. The number of hydrogen-bond donors (Lipinski definition) is 1. The van der Waals surface area contributed by atoms with Crippen LogP contribution in [0, 0.1) is 23.7 Å². The van der Waals surface area contributed by atoms with E-state index in [9.17, 15) is 0 Å². The Morgan fingerprint density at radius 3 is 2.14 bits per heavy atom. The zero-order valence-electron chi connectivity index (χ0n) is 14.2. The zero-order chi connectivity index (χ0) is 14.9. The first-order valence-electron chi connectivity index (χ1n) is 9.49. The van der Waals surface area contributed by atoms with Crippen molar-refractivity contribution in [3.63, 3.8) is 0 Å². The van der Waals surface area contributed by atoms with Crippen molar-refractivity contribution in [2.45, 2.75) is 89.7 Å². The van der Waals surface area contributed by atoms with Gasteiger partial charge in [0.25, 0.3) is 0 Å². The fraction of sp³-hybridized carbons (Fsp3) is 1.00. The molecule has 2 nitrogen and oxygen atoms in total. The van der Waals surface area contributed by atoms with E-state index in [1.807, 2.05) is 0 Å². The normalized spacial score (nSPS) is 38.0. The van der Waals surface area contributed by atoms with Crippen molar-refractivity contribution in [2.75, 3.05) is 6.61 Å². The van der Waals surface area contributed by atoms with Crippen LogP contribution in [0.3, 0.4) is 0 Å². The average molecular weight is 293 g/mol. The summed E-state index contributed by atoms with van der Waals surface area (Å²) in [6, 6.07) is 0.430. The summed E-state index contributed by atoms with van der Waals surface area (Å²) in [5, 5.41) is 0. The van der Waals surface area contributed by atoms with Gasteiger partial charge in [-0.1, -0.05) is 26.7 Å². The first-order valence-corrected chi connectivity index (χ1v) is 9.49. The summed E-state index contributed by atoms with van der Waals surface area (Å²) >= 11 is 0. The fourth-order valence-electron chi connectivity index (χ4n) is 5.34. The molecule has 0 bridgehead atoms. The predicted molar refractivity (Wildman–Crippen MR) is 88.1 cm³/mol. The second kappa shape index (κ2) is 6.58. The van der Waals surface area contributed by atoms with Crippen LogP contribution in [0.1, 0.15) is 78.1 Å². The second-order valence-electron chi connectivity index (χ2n) is 8.49. The first kappa shape index (κ1) is 15.8. The molecule has 3 rings (SSSR count). The van der Waals surface area contributed by atoms with Gasteiger partial charge in [0.2, 0.25) is 0 Å². The molecule has 0 aromatic carbocycles. The Kier molecular flexibility index (Phi) is 4.95. The van der Waals surface area contributed by atoms with Crippen molar-refractivity contribution in [1.29, 1.82) is 0 Å². The maximum atomic E-state index is 6.74. The summed E-state index contributed by atoms with van der Waals surface area (Å²) in [6.45, 7) is 5.72. The Labute approximate surface area is 131 Å². The van der Waals surface area contributed by atoms with Gasteiger partial charge in [-0.2, -0.15) is 0 Å². The van der Waals surface area contributed by atoms with Crippen molar-refractivity contribution >= 4 is 0 Å². The van der Waals surface area contributed by atoms with Crippen molar-refractivity contribution < 1.29 is 4.74 Å². The minimum Gasteiger partial charge on any atom is -0.375 e. The van der Waals surface area contributed by atoms with E-state index < -0.39 is 0 Å². The fourth-order valence-corrected chi connectivity index (χ4v) is 5.34. The third kappa shape index (κ3) is 3.47. The van der Waals surface area contributed by atoms with Gasteiger partial charge in [-0.15, -0.1) is 0 Å². The highest BCUT2D eigenvalue weighted by atomic mass is 16.5. The predicted octanol–water partition coefficient (Wildman–Crippen LogP) is 4.52. The van der Waals surface area contributed by atoms with Gasteiger partial charge in [0.15, 0.2) is 0 Å². The quantitative estimate of drug-likeness (QED) is 0.830. The van der Waals surface area contributed by atoms with E-state index in [-0.39, 0.29) is 5.60 Å². The molecule has 1 spiro atoms. The molecule has 0 radical (unpaired) electrons. The van der Waals surface area contributed by atoms with E-state index in [0.29, 0.717) is 6.04 Å². The highest BCUT2D eigenvalue weighted by Gasteiger charge is 2.43. The van der Waals surface area contributed by atoms with E-state index in [1.54, 1.807) is 0 Å². The summed E-state index contributed by atoms with van der Waals surface area (Å²) < 4.78 is 6.19. The average Bonchev–Trinajstić information content (AvgIpc) is 2.94.